The van der Waals surface area contributed by atoms with E-state index in [1.807, 2.05) is 0 Å². The van der Waals surface area contributed by atoms with Crippen LogP contribution in [0.4, 0.5) is 0 Å². The quantitative estimate of drug-likeness (QED) is 0.771. The highest BCUT2D eigenvalue weighted by Gasteiger charge is 2.25. The molecule has 2 atom stereocenters. The monoisotopic (exact) mass is 362 g/mol. The van der Waals surface area contributed by atoms with Crippen molar-refractivity contribution in [2.24, 2.45) is 5.92 Å². The molecule has 1 amide bonds. The second-order valence-electron chi connectivity index (χ2n) is 5.69. The number of hydrogen-bond donors (Lipinski definition) is 2. The third-order valence-corrected chi connectivity index (χ3v) is 4.16. The molecule has 2 aliphatic rings. The van der Waals surface area contributed by atoms with Crippen molar-refractivity contribution in [3.05, 3.63) is 0 Å². The van der Waals surface area contributed by atoms with E-state index in [1.54, 1.807) is 0 Å². The number of halogens is 3. The van der Waals surface area contributed by atoms with Gasteiger partial charge in [0.25, 0.3) is 0 Å². The zero-order valence-corrected chi connectivity index (χ0v) is 15.3. The number of carbonyl (C=O) groups excluding carboxylic acids is 1. The first-order valence-corrected chi connectivity index (χ1v) is 7.04. The Morgan fingerprint density at radius 2 is 1.95 bits per heavy atom. The average molecular weight is 364 g/mol. The van der Waals surface area contributed by atoms with E-state index in [-0.39, 0.29) is 49.0 Å². The molecule has 5 nitrogen and oxygen atoms in total. The highest BCUT2D eigenvalue weighted by molar-refractivity contribution is 5.86. The number of piperazine rings is 1. The summed E-state index contributed by atoms with van der Waals surface area (Å²) < 4.78 is 0. The molecule has 0 radical (unpaired) electrons. The first kappa shape index (κ1) is 23.5. The number of likely N-dealkylation sites (N-methyl/N-ethyl adjacent to an activating group) is 2. The Kier molecular flexibility index (Phi) is 13.1. The predicted molar refractivity (Wildman–Crippen MR) is 94.3 cm³/mol. The second-order valence-corrected chi connectivity index (χ2v) is 5.69. The topological polar surface area (TPSA) is 47.6 Å². The van der Waals surface area contributed by atoms with E-state index in [1.165, 1.54) is 0 Å². The molecule has 0 saturated carbocycles. The van der Waals surface area contributed by atoms with Crippen LogP contribution in [-0.2, 0) is 4.79 Å². The van der Waals surface area contributed by atoms with Crippen LogP contribution < -0.4 is 10.6 Å². The van der Waals surface area contributed by atoms with Crippen molar-refractivity contribution in [2.45, 2.75) is 18.9 Å². The lowest BCUT2D eigenvalue weighted by Gasteiger charge is -2.38. The van der Waals surface area contributed by atoms with E-state index in [9.17, 15) is 4.79 Å². The van der Waals surface area contributed by atoms with Crippen LogP contribution in [0.3, 0.4) is 0 Å². The molecule has 0 aliphatic carbocycles. The normalized spacial score (nSPS) is 26.8. The summed E-state index contributed by atoms with van der Waals surface area (Å²) in [7, 11) is 4.29. The van der Waals surface area contributed by atoms with E-state index in [4.69, 9.17) is 0 Å². The Labute approximate surface area is 146 Å². The number of carbonyl (C=O) groups is 1. The Hall–Kier alpha value is 0.220. The van der Waals surface area contributed by atoms with Crippen LogP contribution in [0.2, 0.25) is 0 Å². The van der Waals surface area contributed by atoms with E-state index in [0.29, 0.717) is 6.04 Å². The zero-order chi connectivity index (χ0) is 13.0. The van der Waals surface area contributed by atoms with Crippen molar-refractivity contribution >= 4 is 43.1 Å². The van der Waals surface area contributed by atoms with Crippen LogP contribution in [0, 0.1) is 5.92 Å². The molecule has 2 aliphatic heterocycles. The smallest absolute Gasteiger partial charge is 0.224 e. The molecule has 0 aromatic rings. The summed E-state index contributed by atoms with van der Waals surface area (Å²) in [4.78, 5) is 16.7. The third kappa shape index (κ3) is 7.35. The fourth-order valence-electron chi connectivity index (χ4n) is 2.76. The maximum atomic E-state index is 12.0. The molecule has 0 aromatic carbocycles. The van der Waals surface area contributed by atoms with Crippen molar-refractivity contribution in [3.63, 3.8) is 0 Å². The van der Waals surface area contributed by atoms with Gasteiger partial charge in [-0.3, -0.25) is 9.69 Å². The first-order valence-electron chi connectivity index (χ1n) is 7.04. The molecular formula is C13H29Cl3N4O. The van der Waals surface area contributed by atoms with Gasteiger partial charge < -0.3 is 15.5 Å². The summed E-state index contributed by atoms with van der Waals surface area (Å²) in [6, 6.07) is 0.448. The van der Waals surface area contributed by atoms with E-state index < -0.39 is 0 Å². The van der Waals surface area contributed by atoms with Gasteiger partial charge in [-0.25, -0.2) is 0 Å². The lowest BCUT2D eigenvalue weighted by Crippen LogP contribution is -2.55. The van der Waals surface area contributed by atoms with Crippen LogP contribution in [0.25, 0.3) is 0 Å². The predicted octanol–water partition coefficient (Wildman–Crippen LogP) is 0.613. The van der Waals surface area contributed by atoms with E-state index >= 15 is 0 Å². The lowest BCUT2D eigenvalue weighted by molar-refractivity contribution is -0.125. The van der Waals surface area contributed by atoms with Crippen molar-refractivity contribution in [3.8, 4) is 0 Å². The molecule has 2 saturated heterocycles. The van der Waals surface area contributed by atoms with Gasteiger partial charge in [0.2, 0.25) is 5.91 Å². The summed E-state index contributed by atoms with van der Waals surface area (Å²) in [5.74, 6) is 0.397. The summed E-state index contributed by atoms with van der Waals surface area (Å²) in [6.07, 6.45) is 2.14. The fraction of sp³-hybridized carbons (Fsp3) is 0.923. The van der Waals surface area contributed by atoms with Gasteiger partial charge in [0.1, 0.15) is 0 Å². The Bertz CT molecular complexity index is 291. The van der Waals surface area contributed by atoms with Gasteiger partial charge in [-0.15, -0.1) is 37.2 Å². The highest BCUT2D eigenvalue weighted by Crippen LogP contribution is 2.10. The van der Waals surface area contributed by atoms with Crippen LogP contribution in [0.1, 0.15) is 12.8 Å². The van der Waals surface area contributed by atoms with Crippen molar-refractivity contribution in [1.82, 2.24) is 20.4 Å². The molecule has 2 fully saturated rings. The molecular weight excluding hydrogens is 335 g/mol. The summed E-state index contributed by atoms with van der Waals surface area (Å²) in [5.41, 5.74) is 0. The zero-order valence-electron chi connectivity index (χ0n) is 12.8. The van der Waals surface area contributed by atoms with Gasteiger partial charge in [-0.05, 0) is 33.5 Å². The van der Waals surface area contributed by atoms with Gasteiger partial charge in [-0.2, -0.15) is 0 Å². The molecule has 2 rings (SSSR count). The molecule has 1 unspecified atom stereocenters. The van der Waals surface area contributed by atoms with Crippen molar-refractivity contribution < 1.29 is 4.79 Å². The number of nitrogens with zero attached hydrogens (tertiary/aromatic N) is 2. The lowest BCUT2D eigenvalue weighted by atomic mass is 9.99. The number of rotatable bonds is 3. The van der Waals surface area contributed by atoms with Crippen LogP contribution in [0.5, 0.6) is 0 Å². The number of nitrogens with one attached hydrogen (secondary N) is 2. The second kappa shape index (κ2) is 11.7. The van der Waals surface area contributed by atoms with Crippen LogP contribution >= 0.6 is 37.2 Å². The van der Waals surface area contributed by atoms with Crippen molar-refractivity contribution in [1.29, 1.82) is 0 Å². The third-order valence-electron chi connectivity index (χ3n) is 4.16. The van der Waals surface area contributed by atoms with E-state index in [0.717, 1.165) is 52.1 Å². The Balaban J connectivity index is 0. The number of piperidine rings is 1. The first-order chi connectivity index (χ1) is 8.66. The Morgan fingerprint density at radius 1 is 1.24 bits per heavy atom. The molecule has 2 heterocycles. The van der Waals surface area contributed by atoms with E-state index in [2.05, 4.69) is 34.5 Å². The van der Waals surface area contributed by atoms with Crippen LogP contribution in [0.15, 0.2) is 0 Å². The maximum Gasteiger partial charge on any atom is 0.224 e. The van der Waals surface area contributed by atoms with Crippen molar-refractivity contribution in [2.75, 3.05) is 53.4 Å². The molecule has 0 spiro atoms. The van der Waals surface area contributed by atoms with Crippen LogP contribution in [-0.4, -0.2) is 75.1 Å². The summed E-state index contributed by atoms with van der Waals surface area (Å²) in [6.45, 7) is 5.91. The summed E-state index contributed by atoms with van der Waals surface area (Å²) in [5, 5.41) is 6.42. The minimum absolute atomic E-state index is 0. The average Bonchev–Trinajstić information content (AvgIpc) is 2.40. The molecule has 21 heavy (non-hydrogen) atoms. The number of hydrogen-bond acceptors (Lipinski definition) is 4. The number of amides is 1. The molecule has 0 aromatic heterocycles. The Morgan fingerprint density at radius 3 is 2.57 bits per heavy atom. The van der Waals surface area contributed by atoms with Gasteiger partial charge in [0.15, 0.2) is 0 Å². The fourth-order valence-corrected chi connectivity index (χ4v) is 2.76. The summed E-state index contributed by atoms with van der Waals surface area (Å²) >= 11 is 0. The van der Waals surface area contributed by atoms with Gasteiger partial charge in [0.05, 0.1) is 5.92 Å². The molecule has 128 valence electrons. The highest BCUT2D eigenvalue weighted by atomic mass is 35.5. The van der Waals surface area contributed by atoms with Gasteiger partial charge in [-0.1, -0.05) is 0 Å². The molecule has 8 heteroatoms. The minimum atomic E-state index is 0. The molecule has 2 N–H and O–H groups in total. The van der Waals surface area contributed by atoms with Gasteiger partial charge >= 0.3 is 0 Å². The standard InChI is InChI=1S/C13H26N4O.3ClH/c1-16-6-7-17(2)12(10-16)9-15-13(18)11-4-3-5-14-8-11;;;/h11-12,14H,3-10H2,1-2H3,(H,15,18);3*1H/t11-,12?;;;/m1.../s1. The van der Waals surface area contributed by atoms with Gasteiger partial charge in [0, 0.05) is 38.8 Å². The largest absolute Gasteiger partial charge is 0.354 e. The maximum absolute atomic E-state index is 12.0. The SMILES string of the molecule is CN1CCN(C)C(CNC(=O)[C@@H]2CCCNC2)C1.Cl.Cl.Cl. The minimum Gasteiger partial charge on any atom is -0.354 e. The molecule has 0 bridgehead atoms.